The van der Waals surface area contributed by atoms with Crippen LogP contribution < -0.4 is 5.32 Å². The Balaban J connectivity index is 1.86. The van der Waals surface area contributed by atoms with Crippen LogP contribution in [0.3, 0.4) is 0 Å². The summed E-state index contributed by atoms with van der Waals surface area (Å²) in [7, 11) is 0. The zero-order chi connectivity index (χ0) is 12.4. The summed E-state index contributed by atoms with van der Waals surface area (Å²) in [5.41, 5.74) is 0.964. The van der Waals surface area contributed by atoms with Crippen LogP contribution in [-0.4, -0.2) is 27.7 Å². The number of nitrogens with zero attached hydrogens (tertiary/aromatic N) is 2. The van der Waals surface area contributed by atoms with E-state index in [2.05, 4.69) is 15.3 Å². The zero-order valence-corrected chi connectivity index (χ0v) is 11.4. The number of carbonyl (C=O) groups is 1. The second-order valence-electron chi connectivity index (χ2n) is 4.21. The van der Waals surface area contributed by atoms with Gasteiger partial charge in [0.05, 0.1) is 15.5 Å². The lowest BCUT2D eigenvalue weighted by Gasteiger charge is -2.11. The van der Waals surface area contributed by atoms with Gasteiger partial charge in [-0.15, -0.1) is 11.3 Å². The van der Waals surface area contributed by atoms with Gasteiger partial charge >= 0.3 is 0 Å². The Bertz CT molecular complexity index is 569. The van der Waals surface area contributed by atoms with Crippen molar-refractivity contribution in [1.29, 1.82) is 0 Å². The Hall–Kier alpha value is -1.14. The molecule has 0 bridgehead atoms. The normalized spacial score (nSPS) is 20.7. The topological polar surface area (TPSA) is 54.9 Å². The Kier molecular flexibility index (Phi) is 3.47. The molecule has 2 aromatic heterocycles. The number of aromatic nitrogens is 2. The minimum atomic E-state index is -0.0206. The molecule has 0 aromatic carbocycles. The van der Waals surface area contributed by atoms with Crippen LogP contribution in [-0.2, 0) is 4.79 Å². The minimum absolute atomic E-state index is 0.0206. The van der Waals surface area contributed by atoms with Gasteiger partial charge in [0.15, 0.2) is 0 Å². The summed E-state index contributed by atoms with van der Waals surface area (Å²) >= 11 is 3.20. The van der Waals surface area contributed by atoms with Gasteiger partial charge in [0.25, 0.3) is 0 Å². The third kappa shape index (κ3) is 2.35. The average molecular weight is 279 g/mol. The molecule has 1 aliphatic heterocycles. The van der Waals surface area contributed by atoms with Crippen molar-refractivity contribution >= 4 is 39.2 Å². The van der Waals surface area contributed by atoms with Crippen LogP contribution in [0, 0.1) is 0 Å². The highest BCUT2D eigenvalue weighted by atomic mass is 32.2. The molecule has 1 unspecified atom stereocenters. The summed E-state index contributed by atoms with van der Waals surface area (Å²) in [4.78, 5) is 20.5. The monoisotopic (exact) mass is 279 g/mol. The third-order valence-corrected chi connectivity index (χ3v) is 5.26. The van der Waals surface area contributed by atoms with E-state index in [-0.39, 0.29) is 11.2 Å². The molecule has 1 fully saturated rings. The number of thiophene rings is 1. The highest BCUT2D eigenvalue weighted by Crippen LogP contribution is 2.33. The lowest BCUT2D eigenvalue weighted by atomic mass is 10.2. The molecule has 1 aliphatic rings. The molecule has 0 saturated carbocycles. The molecule has 0 spiro atoms. The lowest BCUT2D eigenvalue weighted by molar-refractivity contribution is -0.120. The predicted molar refractivity (Wildman–Crippen MR) is 73.9 cm³/mol. The first-order valence-electron chi connectivity index (χ1n) is 5.97. The van der Waals surface area contributed by atoms with E-state index >= 15 is 0 Å². The van der Waals surface area contributed by atoms with Gasteiger partial charge in [0.1, 0.15) is 11.4 Å². The van der Waals surface area contributed by atoms with Gasteiger partial charge in [-0.2, -0.15) is 0 Å². The van der Waals surface area contributed by atoms with E-state index in [0.717, 1.165) is 41.0 Å². The highest BCUT2D eigenvalue weighted by molar-refractivity contribution is 8.00. The Morgan fingerprint density at radius 1 is 1.39 bits per heavy atom. The van der Waals surface area contributed by atoms with Gasteiger partial charge in [0, 0.05) is 6.54 Å². The number of thioether (sulfide) groups is 1. The van der Waals surface area contributed by atoms with Crippen LogP contribution in [0.4, 0.5) is 0 Å². The van der Waals surface area contributed by atoms with Crippen molar-refractivity contribution in [2.45, 2.75) is 29.5 Å². The fourth-order valence-corrected chi connectivity index (χ4v) is 4.09. The average Bonchev–Trinajstić information content (AvgIpc) is 2.77. The molecule has 1 amide bonds. The molecule has 1 atom stereocenters. The van der Waals surface area contributed by atoms with E-state index in [9.17, 15) is 4.79 Å². The molecule has 18 heavy (non-hydrogen) atoms. The van der Waals surface area contributed by atoms with Crippen LogP contribution in [0.15, 0.2) is 22.8 Å². The molecule has 94 valence electrons. The van der Waals surface area contributed by atoms with E-state index in [4.69, 9.17) is 0 Å². The van der Waals surface area contributed by atoms with Crippen molar-refractivity contribution < 1.29 is 4.79 Å². The highest BCUT2D eigenvalue weighted by Gasteiger charge is 2.23. The molecule has 1 saturated heterocycles. The van der Waals surface area contributed by atoms with E-state index < -0.39 is 0 Å². The maximum atomic E-state index is 11.9. The van der Waals surface area contributed by atoms with Crippen LogP contribution in [0.1, 0.15) is 19.3 Å². The first-order valence-corrected chi connectivity index (χ1v) is 7.73. The molecule has 4 nitrogen and oxygen atoms in total. The number of amides is 1. The summed E-state index contributed by atoms with van der Waals surface area (Å²) in [6.45, 7) is 0.800. The van der Waals surface area contributed by atoms with Crippen molar-refractivity contribution in [2.24, 2.45) is 0 Å². The number of carbonyl (C=O) groups excluding carboxylic acids is 1. The van der Waals surface area contributed by atoms with E-state index in [1.807, 2.05) is 11.4 Å². The third-order valence-electron chi connectivity index (χ3n) is 2.95. The largest absolute Gasteiger partial charge is 0.355 e. The maximum absolute atomic E-state index is 11.9. The van der Waals surface area contributed by atoms with Crippen molar-refractivity contribution in [2.75, 3.05) is 6.54 Å². The first-order chi connectivity index (χ1) is 8.84. The number of hydrogen-bond donors (Lipinski definition) is 1. The van der Waals surface area contributed by atoms with E-state index in [1.165, 1.54) is 0 Å². The SMILES string of the molecule is O=C1NCCCCC1Sc1ncnc2ccsc12. The number of hydrogen-bond acceptors (Lipinski definition) is 5. The Labute approximate surface area is 113 Å². The fraction of sp³-hybridized carbons (Fsp3) is 0.417. The van der Waals surface area contributed by atoms with Gasteiger partial charge in [-0.25, -0.2) is 9.97 Å². The Morgan fingerprint density at radius 3 is 3.28 bits per heavy atom. The van der Waals surface area contributed by atoms with Crippen molar-refractivity contribution in [3.05, 3.63) is 17.8 Å². The van der Waals surface area contributed by atoms with Crippen molar-refractivity contribution in [3.8, 4) is 0 Å². The van der Waals surface area contributed by atoms with Crippen LogP contribution >= 0.6 is 23.1 Å². The second kappa shape index (κ2) is 5.24. The first kappa shape index (κ1) is 11.9. The van der Waals surface area contributed by atoms with Crippen LogP contribution in [0.2, 0.25) is 0 Å². The number of rotatable bonds is 2. The molecule has 0 aliphatic carbocycles. The Morgan fingerprint density at radius 2 is 2.33 bits per heavy atom. The lowest BCUT2D eigenvalue weighted by Crippen LogP contribution is -2.30. The molecule has 6 heteroatoms. The minimum Gasteiger partial charge on any atom is -0.355 e. The zero-order valence-electron chi connectivity index (χ0n) is 9.76. The van der Waals surface area contributed by atoms with Gasteiger partial charge in [0.2, 0.25) is 5.91 Å². The number of fused-ring (bicyclic) bond motifs is 1. The molecular weight excluding hydrogens is 266 g/mol. The quantitative estimate of drug-likeness (QED) is 0.858. The van der Waals surface area contributed by atoms with Crippen LogP contribution in [0.5, 0.6) is 0 Å². The van der Waals surface area contributed by atoms with E-state index in [1.54, 1.807) is 29.4 Å². The molecule has 3 heterocycles. The fourth-order valence-electron chi connectivity index (χ4n) is 2.01. The molecule has 3 rings (SSSR count). The standard InChI is InChI=1S/C12H13N3OS2/c16-11-9(3-1-2-5-13-11)18-12-10-8(4-6-17-10)14-7-15-12/h4,6-7,9H,1-3,5H2,(H,13,16). The summed E-state index contributed by atoms with van der Waals surface area (Å²) in [5.74, 6) is 0.140. The summed E-state index contributed by atoms with van der Waals surface area (Å²) in [6, 6.07) is 1.99. The second-order valence-corrected chi connectivity index (χ2v) is 6.31. The maximum Gasteiger partial charge on any atom is 0.233 e. The number of nitrogens with one attached hydrogen (secondary N) is 1. The van der Waals surface area contributed by atoms with Gasteiger partial charge in [-0.3, -0.25) is 4.79 Å². The summed E-state index contributed by atoms with van der Waals surface area (Å²) in [5, 5.41) is 5.87. The molecule has 2 aromatic rings. The van der Waals surface area contributed by atoms with Gasteiger partial charge in [-0.1, -0.05) is 18.2 Å². The molecule has 1 N–H and O–H groups in total. The molecular formula is C12H13N3OS2. The van der Waals surface area contributed by atoms with Crippen molar-refractivity contribution in [3.63, 3.8) is 0 Å². The smallest absolute Gasteiger partial charge is 0.233 e. The predicted octanol–water partition coefficient (Wildman–Crippen LogP) is 2.45. The van der Waals surface area contributed by atoms with Gasteiger partial charge in [-0.05, 0) is 24.3 Å². The summed E-state index contributed by atoms with van der Waals surface area (Å²) < 4.78 is 1.08. The summed E-state index contributed by atoms with van der Waals surface area (Å²) in [6.07, 6.45) is 4.66. The van der Waals surface area contributed by atoms with E-state index in [0.29, 0.717) is 0 Å². The van der Waals surface area contributed by atoms with Crippen molar-refractivity contribution in [1.82, 2.24) is 15.3 Å². The molecule has 0 radical (unpaired) electrons. The van der Waals surface area contributed by atoms with Crippen LogP contribution in [0.25, 0.3) is 10.2 Å². The van der Waals surface area contributed by atoms with Gasteiger partial charge < -0.3 is 5.32 Å².